The van der Waals surface area contributed by atoms with E-state index in [-0.39, 0.29) is 11.2 Å². The number of esters is 1. The highest BCUT2D eigenvalue weighted by Crippen LogP contribution is 2.40. The van der Waals surface area contributed by atoms with E-state index in [2.05, 4.69) is 93.3 Å². The molecular weight excluding hydrogens is 627 g/mol. The fraction of sp³-hybridized carbons (Fsp3) is 0.674. The van der Waals surface area contributed by atoms with Crippen molar-refractivity contribution in [3.05, 3.63) is 71.8 Å². The van der Waals surface area contributed by atoms with Crippen molar-refractivity contribution < 1.29 is 9.53 Å². The Bertz CT molecular complexity index is 1070. The molecule has 0 fully saturated rings. The first-order valence-corrected chi connectivity index (χ1v) is 20.9. The van der Waals surface area contributed by atoms with Crippen molar-refractivity contribution in [1.29, 1.82) is 0 Å². The molecule has 2 aromatic rings. The van der Waals surface area contributed by atoms with Gasteiger partial charge in [-0.2, -0.15) is 0 Å². The average molecular weight is 696 g/mol. The summed E-state index contributed by atoms with van der Waals surface area (Å²) >= 11 is 7.64. The van der Waals surface area contributed by atoms with Gasteiger partial charge in [0.15, 0.2) is 0 Å². The Hall–Kier alpha value is -1.85. The first-order chi connectivity index (χ1) is 23.4. The van der Waals surface area contributed by atoms with Crippen LogP contribution in [-0.2, 0) is 16.0 Å². The Balaban J connectivity index is 1.79. The normalized spacial score (nSPS) is 13.2. The van der Waals surface area contributed by atoms with Gasteiger partial charge in [-0.3, -0.25) is 4.79 Å². The van der Waals surface area contributed by atoms with Crippen molar-refractivity contribution in [1.82, 2.24) is 4.90 Å². The second-order valence-corrected chi connectivity index (χ2v) is 15.8. The number of thioether (sulfide) groups is 1. The predicted octanol–water partition coefficient (Wildman–Crippen LogP) is 13.3. The van der Waals surface area contributed by atoms with Crippen LogP contribution in [0.1, 0.15) is 166 Å². The number of hydrogen-bond acceptors (Lipinski definition) is 4. The van der Waals surface area contributed by atoms with Crippen LogP contribution in [0.25, 0.3) is 0 Å². The minimum absolute atomic E-state index is 0.0393. The molecule has 2 atom stereocenters. The molecule has 0 bridgehead atoms. The van der Waals surface area contributed by atoms with Crippen LogP contribution in [-0.4, -0.2) is 34.9 Å². The molecule has 2 unspecified atom stereocenters. The monoisotopic (exact) mass is 695 g/mol. The number of unbranched alkanes of at least 4 members (excludes halogenated alkanes) is 15. The van der Waals surface area contributed by atoms with E-state index < -0.39 is 5.41 Å². The Kier molecular flexibility index (Phi) is 23.8. The smallest absolute Gasteiger partial charge is 0.311 e. The molecule has 0 aromatic heterocycles. The molecule has 0 heterocycles. The molecule has 0 saturated heterocycles. The number of thiocarbonyl (C=S) groups is 1. The second kappa shape index (κ2) is 26.9. The summed E-state index contributed by atoms with van der Waals surface area (Å²) in [5.74, 6) is -0.0393. The van der Waals surface area contributed by atoms with Gasteiger partial charge in [0, 0.05) is 18.3 Å². The van der Waals surface area contributed by atoms with Crippen molar-refractivity contribution in [3.63, 3.8) is 0 Å². The Labute approximate surface area is 305 Å². The van der Waals surface area contributed by atoms with Crippen LogP contribution in [0, 0.1) is 5.41 Å². The second-order valence-electron chi connectivity index (χ2n) is 14.0. The minimum Gasteiger partial charge on any atom is -0.465 e. The standard InChI is InChI=1S/C43H69NO2S2/c1-5-8-9-10-11-12-13-14-15-16-17-18-19-20-21-28-37-46-41(45)43(4,35-33-38-29-24-22-25-30-38)36-34-40(39-31-26-23-27-32-39)48-42(47)44(6-2)7-3/h22-27,29-32,40H,5-21,28,33-37H2,1-4H3. The van der Waals surface area contributed by atoms with Crippen molar-refractivity contribution in [3.8, 4) is 0 Å². The first-order valence-electron chi connectivity index (χ1n) is 19.6. The summed E-state index contributed by atoms with van der Waals surface area (Å²) in [5, 5.41) is 0.198. The highest BCUT2D eigenvalue weighted by atomic mass is 32.2. The lowest BCUT2D eigenvalue weighted by atomic mass is 9.79. The highest BCUT2D eigenvalue weighted by Gasteiger charge is 2.35. The summed E-state index contributed by atoms with van der Waals surface area (Å²) in [7, 11) is 0. The van der Waals surface area contributed by atoms with Gasteiger partial charge < -0.3 is 9.64 Å². The first kappa shape index (κ1) is 42.3. The van der Waals surface area contributed by atoms with Crippen molar-refractivity contribution in [2.24, 2.45) is 5.41 Å². The molecule has 0 aliphatic carbocycles. The van der Waals surface area contributed by atoms with Gasteiger partial charge in [0.1, 0.15) is 4.32 Å². The van der Waals surface area contributed by atoms with Crippen LogP contribution in [0.3, 0.4) is 0 Å². The number of aryl methyl sites for hydroxylation is 1. The quantitative estimate of drug-likeness (QED) is 0.0502. The van der Waals surface area contributed by atoms with E-state index in [0.717, 1.165) is 55.9 Å². The van der Waals surface area contributed by atoms with Crippen LogP contribution >= 0.6 is 24.0 Å². The molecule has 0 N–H and O–H groups in total. The molecule has 0 saturated carbocycles. The zero-order chi connectivity index (χ0) is 34.7. The largest absolute Gasteiger partial charge is 0.465 e. The third kappa shape index (κ3) is 18.2. The number of rotatable bonds is 28. The molecule has 0 radical (unpaired) electrons. The summed E-state index contributed by atoms with van der Waals surface area (Å²) in [5.41, 5.74) is 1.99. The number of carbonyl (C=O) groups excluding carboxylic acids is 1. The third-order valence-corrected chi connectivity index (χ3v) is 11.7. The number of benzene rings is 2. The maximum Gasteiger partial charge on any atom is 0.311 e. The van der Waals surface area contributed by atoms with Crippen LogP contribution < -0.4 is 0 Å². The van der Waals surface area contributed by atoms with E-state index in [1.165, 1.54) is 101 Å². The number of hydrogen-bond donors (Lipinski definition) is 0. The zero-order valence-corrected chi connectivity index (χ0v) is 32.8. The fourth-order valence-electron chi connectivity index (χ4n) is 6.47. The van der Waals surface area contributed by atoms with E-state index in [9.17, 15) is 4.79 Å². The summed E-state index contributed by atoms with van der Waals surface area (Å²) in [6, 6.07) is 21.2. The van der Waals surface area contributed by atoms with E-state index in [1.54, 1.807) is 11.8 Å². The van der Waals surface area contributed by atoms with E-state index in [4.69, 9.17) is 17.0 Å². The van der Waals surface area contributed by atoms with E-state index in [1.807, 2.05) is 0 Å². The minimum atomic E-state index is -0.546. The molecule has 3 nitrogen and oxygen atoms in total. The topological polar surface area (TPSA) is 29.5 Å². The SMILES string of the molecule is CCCCCCCCCCCCCCCCCCOC(=O)C(C)(CCc1ccccc1)CCC(SC(=S)N(CC)CC)c1ccccc1. The summed E-state index contributed by atoms with van der Waals surface area (Å²) in [6.45, 7) is 11.1. The van der Waals surface area contributed by atoms with Crippen molar-refractivity contribution in [2.45, 2.75) is 161 Å². The Morgan fingerprint density at radius 3 is 1.69 bits per heavy atom. The van der Waals surface area contributed by atoms with Gasteiger partial charge in [0.25, 0.3) is 0 Å². The van der Waals surface area contributed by atoms with Crippen LogP contribution in [0.15, 0.2) is 60.7 Å². The lowest BCUT2D eigenvalue weighted by molar-refractivity contribution is -0.156. The number of nitrogens with zero attached hydrogens (tertiary/aromatic N) is 1. The molecule has 0 amide bonds. The maximum absolute atomic E-state index is 13.8. The third-order valence-electron chi connectivity index (χ3n) is 9.93. The van der Waals surface area contributed by atoms with Gasteiger partial charge in [-0.25, -0.2) is 0 Å². The molecule has 0 spiro atoms. The molecule has 5 heteroatoms. The maximum atomic E-state index is 13.8. The molecule has 2 rings (SSSR count). The van der Waals surface area contributed by atoms with Crippen LogP contribution in [0.5, 0.6) is 0 Å². The van der Waals surface area contributed by atoms with Crippen molar-refractivity contribution in [2.75, 3.05) is 19.7 Å². The predicted molar refractivity (Wildman–Crippen MR) is 215 cm³/mol. The molecule has 270 valence electrons. The Morgan fingerprint density at radius 2 is 1.19 bits per heavy atom. The zero-order valence-electron chi connectivity index (χ0n) is 31.2. The fourth-order valence-corrected chi connectivity index (χ4v) is 8.26. The average Bonchev–Trinajstić information content (AvgIpc) is 3.11. The molecule has 0 aliphatic rings. The van der Waals surface area contributed by atoms with Gasteiger partial charge >= 0.3 is 5.97 Å². The van der Waals surface area contributed by atoms with Gasteiger partial charge in [-0.15, -0.1) is 0 Å². The van der Waals surface area contributed by atoms with Crippen LogP contribution in [0.4, 0.5) is 0 Å². The lowest BCUT2D eigenvalue weighted by Gasteiger charge is -2.30. The number of ether oxygens (including phenoxy) is 1. The lowest BCUT2D eigenvalue weighted by Crippen LogP contribution is -2.32. The summed E-state index contributed by atoms with van der Waals surface area (Å²) in [4.78, 5) is 16.0. The van der Waals surface area contributed by atoms with E-state index in [0.29, 0.717) is 6.61 Å². The van der Waals surface area contributed by atoms with Crippen molar-refractivity contribution >= 4 is 34.3 Å². The molecule has 2 aromatic carbocycles. The van der Waals surface area contributed by atoms with Gasteiger partial charge in [0.2, 0.25) is 0 Å². The molecular formula is C43H69NO2S2. The summed E-state index contributed by atoms with van der Waals surface area (Å²) in [6.07, 6.45) is 24.7. The van der Waals surface area contributed by atoms with Crippen LogP contribution in [0.2, 0.25) is 0 Å². The highest BCUT2D eigenvalue weighted by molar-refractivity contribution is 8.23. The van der Waals surface area contributed by atoms with Gasteiger partial charge in [0.05, 0.1) is 12.0 Å². The van der Waals surface area contributed by atoms with E-state index >= 15 is 0 Å². The summed E-state index contributed by atoms with van der Waals surface area (Å²) < 4.78 is 6.96. The van der Waals surface area contributed by atoms with Gasteiger partial charge in [-0.05, 0) is 64.0 Å². The van der Waals surface area contributed by atoms with Gasteiger partial charge in [-0.1, -0.05) is 188 Å². The molecule has 0 aliphatic heterocycles. The molecule has 48 heavy (non-hydrogen) atoms. The number of carbonyl (C=O) groups is 1. The Morgan fingerprint density at radius 1 is 0.708 bits per heavy atom.